The second kappa shape index (κ2) is 6.57. The predicted octanol–water partition coefficient (Wildman–Crippen LogP) is 3.42. The summed E-state index contributed by atoms with van der Waals surface area (Å²) in [6.45, 7) is 8.81. The van der Waals surface area contributed by atoms with Crippen LogP contribution in [-0.2, 0) is 6.42 Å². The van der Waals surface area contributed by atoms with Crippen LogP contribution in [0.1, 0.15) is 50.8 Å². The maximum atomic E-state index is 10.7. The highest BCUT2D eigenvalue weighted by Gasteiger charge is 2.39. The van der Waals surface area contributed by atoms with E-state index < -0.39 is 0 Å². The van der Waals surface area contributed by atoms with E-state index in [4.69, 9.17) is 9.47 Å². The lowest BCUT2D eigenvalue weighted by Crippen LogP contribution is -2.48. The summed E-state index contributed by atoms with van der Waals surface area (Å²) in [6, 6.07) is 4.51. The lowest BCUT2D eigenvalue weighted by atomic mass is 9.75. The van der Waals surface area contributed by atoms with Gasteiger partial charge in [-0.1, -0.05) is 20.8 Å². The zero-order valence-electron chi connectivity index (χ0n) is 15.6. The number of methoxy groups -OCH3 is 2. The lowest BCUT2D eigenvalue weighted by Gasteiger charge is -2.47. The SMILES string of the molecule is COc1cc2c(cc1OC)[C@@H]1C[C@H](O)[C@@H](CC(C)(C)C)CN1CC2. The zero-order valence-corrected chi connectivity index (χ0v) is 15.6. The van der Waals surface area contributed by atoms with Gasteiger partial charge in [0.25, 0.3) is 0 Å². The zero-order chi connectivity index (χ0) is 17.5. The third kappa shape index (κ3) is 3.40. The number of hydrogen-bond acceptors (Lipinski definition) is 4. The van der Waals surface area contributed by atoms with Crippen molar-refractivity contribution in [3.8, 4) is 11.5 Å². The van der Waals surface area contributed by atoms with Crippen molar-refractivity contribution in [2.75, 3.05) is 27.3 Å². The van der Waals surface area contributed by atoms with Crippen LogP contribution < -0.4 is 9.47 Å². The maximum absolute atomic E-state index is 10.7. The summed E-state index contributed by atoms with van der Waals surface area (Å²) in [5, 5.41) is 10.7. The summed E-state index contributed by atoms with van der Waals surface area (Å²) < 4.78 is 10.9. The van der Waals surface area contributed by atoms with Crippen LogP contribution in [0.4, 0.5) is 0 Å². The van der Waals surface area contributed by atoms with E-state index in [2.05, 4.69) is 37.8 Å². The Morgan fingerprint density at radius 3 is 2.46 bits per heavy atom. The van der Waals surface area contributed by atoms with E-state index in [-0.39, 0.29) is 11.5 Å². The van der Waals surface area contributed by atoms with Crippen molar-refractivity contribution in [1.29, 1.82) is 0 Å². The number of fused-ring (bicyclic) bond motifs is 3. The van der Waals surface area contributed by atoms with Gasteiger partial charge in [0.1, 0.15) is 0 Å². The monoisotopic (exact) mass is 333 g/mol. The molecule has 0 unspecified atom stereocenters. The number of piperidine rings is 1. The van der Waals surface area contributed by atoms with Crippen molar-refractivity contribution < 1.29 is 14.6 Å². The molecule has 2 aliphatic heterocycles. The molecule has 0 aromatic heterocycles. The molecule has 0 amide bonds. The van der Waals surface area contributed by atoms with E-state index in [9.17, 15) is 5.11 Å². The quantitative estimate of drug-likeness (QED) is 0.920. The number of hydrogen-bond donors (Lipinski definition) is 1. The van der Waals surface area contributed by atoms with E-state index in [1.54, 1.807) is 14.2 Å². The Morgan fingerprint density at radius 1 is 1.17 bits per heavy atom. The molecule has 1 N–H and O–H groups in total. The molecule has 1 aromatic carbocycles. The topological polar surface area (TPSA) is 41.9 Å². The predicted molar refractivity (Wildman–Crippen MR) is 95.7 cm³/mol. The average Bonchev–Trinajstić information content (AvgIpc) is 2.53. The fraction of sp³-hybridized carbons (Fsp3) is 0.700. The molecule has 2 heterocycles. The van der Waals surface area contributed by atoms with Crippen molar-refractivity contribution in [1.82, 2.24) is 4.90 Å². The first-order valence-corrected chi connectivity index (χ1v) is 8.99. The maximum Gasteiger partial charge on any atom is 0.161 e. The number of ether oxygens (including phenoxy) is 2. The van der Waals surface area contributed by atoms with Crippen molar-refractivity contribution in [2.45, 2.75) is 52.2 Å². The standard InChI is InChI=1S/C20H31NO3/c1-20(2,3)11-14-12-21-7-6-13-8-18(23-4)19(24-5)9-15(13)16(21)10-17(14)22/h8-9,14,16-17,22H,6-7,10-12H2,1-5H3/t14-,16-,17-/m0/s1. The molecule has 0 spiro atoms. The van der Waals surface area contributed by atoms with Gasteiger partial charge in [-0.2, -0.15) is 0 Å². The first-order valence-electron chi connectivity index (χ1n) is 8.99. The van der Waals surface area contributed by atoms with Crippen molar-refractivity contribution >= 4 is 0 Å². The number of rotatable bonds is 3. The molecule has 2 aliphatic rings. The molecule has 0 aliphatic carbocycles. The minimum atomic E-state index is -0.232. The smallest absolute Gasteiger partial charge is 0.161 e. The Hall–Kier alpha value is -1.26. The van der Waals surface area contributed by atoms with Gasteiger partial charge in [0.2, 0.25) is 0 Å². The van der Waals surface area contributed by atoms with Crippen LogP contribution in [0.5, 0.6) is 11.5 Å². The number of nitrogens with zero attached hydrogens (tertiary/aromatic N) is 1. The number of aliphatic hydroxyl groups excluding tert-OH is 1. The third-order valence-electron chi connectivity index (χ3n) is 5.47. The second-order valence-corrected chi connectivity index (χ2v) is 8.49. The highest BCUT2D eigenvalue weighted by Crippen LogP contribution is 2.44. The highest BCUT2D eigenvalue weighted by molar-refractivity contribution is 5.49. The van der Waals surface area contributed by atoms with Gasteiger partial charge in [-0.3, -0.25) is 4.90 Å². The summed E-state index contributed by atoms with van der Waals surface area (Å²) in [5.41, 5.74) is 2.88. The molecule has 4 heteroatoms. The van der Waals surface area contributed by atoms with E-state index >= 15 is 0 Å². The Morgan fingerprint density at radius 2 is 1.83 bits per heavy atom. The van der Waals surface area contributed by atoms with Crippen LogP contribution >= 0.6 is 0 Å². The number of benzene rings is 1. The second-order valence-electron chi connectivity index (χ2n) is 8.49. The van der Waals surface area contributed by atoms with Gasteiger partial charge >= 0.3 is 0 Å². The number of aliphatic hydroxyl groups is 1. The first kappa shape index (κ1) is 17.6. The van der Waals surface area contributed by atoms with Gasteiger partial charge in [-0.15, -0.1) is 0 Å². The molecule has 24 heavy (non-hydrogen) atoms. The third-order valence-corrected chi connectivity index (χ3v) is 5.47. The molecule has 0 bridgehead atoms. The molecular formula is C20H31NO3. The van der Waals surface area contributed by atoms with Gasteiger partial charge in [0.15, 0.2) is 11.5 Å². The molecule has 0 saturated carbocycles. The van der Waals surface area contributed by atoms with Crippen molar-refractivity contribution in [2.24, 2.45) is 11.3 Å². The van der Waals surface area contributed by atoms with Gasteiger partial charge in [-0.05, 0) is 53.9 Å². The van der Waals surface area contributed by atoms with Gasteiger partial charge < -0.3 is 14.6 Å². The normalized spacial score (nSPS) is 27.3. The van der Waals surface area contributed by atoms with Gasteiger partial charge in [0.05, 0.1) is 20.3 Å². The van der Waals surface area contributed by atoms with Crippen molar-refractivity contribution in [3.63, 3.8) is 0 Å². The molecule has 0 radical (unpaired) electrons. The molecule has 3 atom stereocenters. The molecular weight excluding hydrogens is 302 g/mol. The van der Waals surface area contributed by atoms with Crippen LogP contribution in [0.2, 0.25) is 0 Å². The minimum absolute atomic E-state index is 0.232. The Bertz CT molecular complexity index is 593. The molecule has 134 valence electrons. The fourth-order valence-corrected chi connectivity index (χ4v) is 4.41. The molecule has 1 fully saturated rings. The summed E-state index contributed by atoms with van der Waals surface area (Å²) in [5.74, 6) is 1.94. The van der Waals surface area contributed by atoms with E-state index in [1.165, 1.54) is 11.1 Å². The van der Waals surface area contributed by atoms with E-state index in [0.717, 1.165) is 43.9 Å². The fourth-order valence-electron chi connectivity index (χ4n) is 4.41. The summed E-state index contributed by atoms with van der Waals surface area (Å²) >= 11 is 0. The van der Waals surface area contributed by atoms with Crippen LogP contribution in [0, 0.1) is 11.3 Å². The Balaban J connectivity index is 1.86. The van der Waals surface area contributed by atoms with E-state index in [0.29, 0.717) is 12.0 Å². The van der Waals surface area contributed by atoms with Crippen LogP contribution in [0.25, 0.3) is 0 Å². The van der Waals surface area contributed by atoms with Gasteiger partial charge in [0, 0.05) is 19.1 Å². The first-order chi connectivity index (χ1) is 11.3. The van der Waals surface area contributed by atoms with Crippen LogP contribution in [0.3, 0.4) is 0 Å². The molecule has 1 aromatic rings. The van der Waals surface area contributed by atoms with Gasteiger partial charge in [-0.25, -0.2) is 0 Å². The Labute approximate surface area is 145 Å². The van der Waals surface area contributed by atoms with E-state index in [1.807, 2.05) is 0 Å². The van der Waals surface area contributed by atoms with Crippen LogP contribution in [-0.4, -0.2) is 43.4 Å². The molecule has 1 saturated heterocycles. The average molecular weight is 333 g/mol. The summed E-state index contributed by atoms with van der Waals surface area (Å²) in [6.07, 6.45) is 2.67. The minimum Gasteiger partial charge on any atom is -0.493 e. The molecule has 4 nitrogen and oxygen atoms in total. The molecule has 3 rings (SSSR count). The summed E-state index contributed by atoms with van der Waals surface area (Å²) in [7, 11) is 3.36. The van der Waals surface area contributed by atoms with Crippen LogP contribution in [0.15, 0.2) is 12.1 Å². The highest BCUT2D eigenvalue weighted by atomic mass is 16.5. The lowest BCUT2D eigenvalue weighted by molar-refractivity contribution is -0.0259. The van der Waals surface area contributed by atoms with Crippen molar-refractivity contribution in [3.05, 3.63) is 23.3 Å². The Kier molecular flexibility index (Phi) is 4.80. The summed E-state index contributed by atoms with van der Waals surface area (Å²) in [4.78, 5) is 2.55. The largest absolute Gasteiger partial charge is 0.493 e.